The minimum atomic E-state index is -4.64. The van der Waals surface area contributed by atoms with Gasteiger partial charge in [-0.15, -0.1) is 15.3 Å². The lowest BCUT2D eigenvalue weighted by Crippen LogP contribution is -2.39. The Balaban J connectivity index is 1.45. The summed E-state index contributed by atoms with van der Waals surface area (Å²) in [4.78, 5) is 14.6. The number of rotatable bonds is 3. The Morgan fingerprint density at radius 3 is 2.37 bits per heavy atom. The van der Waals surface area contributed by atoms with E-state index in [9.17, 15) is 18.0 Å². The third-order valence-electron chi connectivity index (χ3n) is 5.42. The fourth-order valence-electron chi connectivity index (χ4n) is 3.73. The van der Waals surface area contributed by atoms with E-state index in [2.05, 4.69) is 20.6 Å². The van der Waals surface area contributed by atoms with Crippen molar-refractivity contribution in [2.24, 2.45) is 5.92 Å². The Bertz CT molecular complexity index is 1070. The van der Waals surface area contributed by atoms with Gasteiger partial charge in [0.1, 0.15) is 5.82 Å². The van der Waals surface area contributed by atoms with E-state index in [1.54, 1.807) is 6.07 Å². The normalized spacial score (nSPS) is 15.6. The molecule has 30 heavy (non-hydrogen) atoms. The molecule has 0 atom stereocenters. The number of aromatic nitrogens is 4. The van der Waals surface area contributed by atoms with Crippen LogP contribution in [0.4, 0.5) is 24.7 Å². The number of anilines is 2. The van der Waals surface area contributed by atoms with Gasteiger partial charge in [-0.05, 0) is 49.9 Å². The van der Waals surface area contributed by atoms with Gasteiger partial charge in [0.25, 0.3) is 5.82 Å². The number of aryl methyl sites for hydroxylation is 2. The number of hydrogen-bond donors (Lipinski definition) is 1. The van der Waals surface area contributed by atoms with Gasteiger partial charge in [-0.25, -0.2) is 0 Å². The van der Waals surface area contributed by atoms with Gasteiger partial charge in [0.05, 0.1) is 0 Å². The number of fused-ring (bicyclic) bond motifs is 1. The third-order valence-corrected chi connectivity index (χ3v) is 5.42. The first-order valence-electron chi connectivity index (χ1n) is 9.66. The molecule has 1 amide bonds. The van der Waals surface area contributed by atoms with E-state index >= 15 is 0 Å². The maximum Gasteiger partial charge on any atom is 0.453 e. The zero-order valence-corrected chi connectivity index (χ0v) is 16.6. The van der Waals surface area contributed by atoms with Crippen molar-refractivity contribution in [3.8, 4) is 0 Å². The minimum Gasteiger partial charge on any atom is -0.355 e. The molecule has 1 aliphatic rings. The van der Waals surface area contributed by atoms with Crippen LogP contribution in [-0.2, 0) is 11.0 Å². The molecule has 1 N–H and O–H groups in total. The number of alkyl halides is 3. The summed E-state index contributed by atoms with van der Waals surface area (Å²) >= 11 is 0. The molecule has 158 valence electrons. The summed E-state index contributed by atoms with van der Waals surface area (Å²) in [5.41, 5.74) is 2.89. The zero-order chi connectivity index (χ0) is 21.5. The first-order chi connectivity index (χ1) is 14.2. The zero-order valence-electron chi connectivity index (χ0n) is 16.6. The number of nitrogens with zero attached hydrogens (tertiary/aromatic N) is 5. The number of nitrogens with one attached hydrogen (secondary N) is 1. The average molecular weight is 418 g/mol. The number of carbonyl (C=O) groups is 1. The molecule has 1 aromatic carbocycles. The molecule has 2 aromatic heterocycles. The fourth-order valence-corrected chi connectivity index (χ4v) is 3.73. The molecular weight excluding hydrogens is 397 g/mol. The molecule has 0 bridgehead atoms. The molecule has 0 spiro atoms. The van der Waals surface area contributed by atoms with Crippen molar-refractivity contribution in [1.82, 2.24) is 19.8 Å². The highest BCUT2D eigenvalue weighted by atomic mass is 19.4. The molecule has 1 fully saturated rings. The van der Waals surface area contributed by atoms with Crippen LogP contribution in [-0.4, -0.2) is 38.8 Å². The summed E-state index contributed by atoms with van der Waals surface area (Å²) in [5.74, 6) is -0.943. The summed E-state index contributed by atoms with van der Waals surface area (Å²) in [6, 6.07) is 8.94. The molecule has 0 saturated carbocycles. The second kappa shape index (κ2) is 7.58. The quantitative estimate of drug-likeness (QED) is 0.703. The van der Waals surface area contributed by atoms with Gasteiger partial charge in [0.15, 0.2) is 5.65 Å². The number of carbonyl (C=O) groups excluding carboxylic acids is 1. The molecule has 7 nitrogen and oxygen atoms in total. The molecule has 1 saturated heterocycles. The van der Waals surface area contributed by atoms with E-state index in [1.807, 2.05) is 36.9 Å². The second-order valence-corrected chi connectivity index (χ2v) is 7.50. The van der Waals surface area contributed by atoms with Crippen molar-refractivity contribution in [2.45, 2.75) is 32.9 Å². The van der Waals surface area contributed by atoms with Crippen LogP contribution in [0.25, 0.3) is 5.65 Å². The van der Waals surface area contributed by atoms with Crippen LogP contribution in [0.15, 0.2) is 30.3 Å². The van der Waals surface area contributed by atoms with Crippen LogP contribution in [0.5, 0.6) is 0 Å². The third kappa shape index (κ3) is 3.81. The molecule has 0 aliphatic carbocycles. The predicted molar refractivity (Wildman–Crippen MR) is 105 cm³/mol. The average Bonchev–Trinajstić information content (AvgIpc) is 3.14. The van der Waals surface area contributed by atoms with Crippen molar-refractivity contribution in [3.63, 3.8) is 0 Å². The number of para-hydroxylation sites is 1. The Morgan fingerprint density at radius 2 is 1.73 bits per heavy atom. The number of piperidine rings is 1. The highest BCUT2D eigenvalue weighted by Crippen LogP contribution is 2.29. The lowest BCUT2D eigenvalue weighted by Gasteiger charge is -2.32. The molecule has 0 radical (unpaired) electrons. The number of benzene rings is 1. The fraction of sp³-hybridized carbons (Fsp3) is 0.400. The smallest absolute Gasteiger partial charge is 0.355 e. The molecule has 4 rings (SSSR count). The first kappa shape index (κ1) is 20.1. The van der Waals surface area contributed by atoms with Gasteiger partial charge in [0, 0.05) is 24.7 Å². The monoisotopic (exact) mass is 418 g/mol. The van der Waals surface area contributed by atoms with Gasteiger partial charge in [0.2, 0.25) is 5.91 Å². The highest BCUT2D eigenvalue weighted by Gasteiger charge is 2.38. The Morgan fingerprint density at radius 1 is 1.07 bits per heavy atom. The summed E-state index contributed by atoms with van der Waals surface area (Å²) in [5, 5.41) is 13.8. The highest BCUT2D eigenvalue weighted by molar-refractivity contribution is 5.94. The van der Waals surface area contributed by atoms with E-state index in [-0.39, 0.29) is 17.5 Å². The summed E-state index contributed by atoms with van der Waals surface area (Å²) < 4.78 is 40.0. The van der Waals surface area contributed by atoms with Gasteiger partial charge < -0.3 is 10.2 Å². The molecule has 10 heteroatoms. The topological polar surface area (TPSA) is 75.4 Å². The van der Waals surface area contributed by atoms with E-state index in [0.717, 1.165) is 21.3 Å². The Kier molecular flexibility index (Phi) is 5.08. The van der Waals surface area contributed by atoms with Gasteiger partial charge in [-0.2, -0.15) is 17.7 Å². The van der Waals surface area contributed by atoms with E-state index < -0.39 is 12.0 Å². The van der Waals surface area contributed by atoms with Crippen LogP contribution in [0.1, 0.15) is 29.8 Å². The molecular formula is C20H21F3N6O. The van der Waals surface area contributed by atoms with E-state index in [0.29, 0.717) is 31.7 Å². The molecule has 0 unspecified atom stereocenters. The lowest BCUT2D eigenvalue weighted by molar-refractivity contribution is -0.146. The SMILES string of the molecule is Cc1cccc(C)c1NC(=O)C1CCN(c2ccc3nnc(C(F)(F)F)n3n2)CC1. The van der Waals surface area contributed by atoms with Crippen LogP contribution in [0.3, 0.4) is 0 Å². The molecule has 1 aliphatic heterocycles. The summed E-state index contributed by atoms with van der Waals surface area (Å²) in [6.07, 6.45) is -3.46. The standard InChI is InChI=1S/C20H21F3N6O/c1-12-4-3-5-13(2)17(12)24-18(30)14-8-10-28(11-9-14)16-7-6-15-25-26-19(20(21,22)23)29(15)27-16/h3-7,14H,8-11H2,1-2H3,(H,24,30). The molecule has 3 aromatic rings. The maximum absolute atomic E-state index is 13.1. The summed E-state index contributed by atoms with van der Waals surface area (Å²) in [7, 11) is 0. The van der Waals surface area contributed by atoms with E-state index in [4.69, 9.17) is 0 Å². The largest absolute Gasteiger partial charge is 0.453 e. The second-order valence-electron chi connectivity index (χ2n) is 7.50. The van der Waals surface area contributed by atoms with Gasteiger partial charge >= 0.3 is 6.18 Å². The van der Waals surface area contributed by atoms with Crippen LogP contribution in [0, 0.1) is 19.8 Å². The van der Waals surface area contributed by atoms with Crippen molar-refractivity contribution in [2.75, 3.05) is 23.3 Å². The Labute approximate surface area is 170 Å². The molecule has 3 heterocycles. The van der Waals surface area contributed by atoms with Gasteiger partial charge in [-0.1, -0.05) is 18.2 Å². The lowest BCUT2D eigenvalue weighted by atomic mass is 9.95. The number of halogens is 3. The van der Waals surface area contributed by atoms with Crippen molar-refractivity contribution in [3.05, 3.63) is 47.3 Å². The predicted octanol–water partition coefficient (Wildman–Crippen LogP) is 3.62. The Hall–Kier alpha value is -3.17. The van der Waals surface area contributed by atoms with Crippen molar-refractivity contribution >= 4 is 23.1 Å². The maximum atomic E-state index is 13.1. The van der Waals surface area contributed by atoms with Crippen molar-refractivity contribution in [1.29, 1.82) is 0 Å². The van der Waals surface area contributed by atoms with Crippen molar-refractivity contribution < 1.29 is 18.0 Å². The minimum absolute atomic E-state index is 0.0337. The van der Waals surface area contributed by atoms with Gasteiger partial charge in [-0.3, -0.25) is 4.79 Å². The first-order valence-corrected chi connectivity index (χ1v) is 9.66. The number of hydrogen-bond acceptors (Lipinski definition) is 5. The van der Waals surface area contributed by atoms with Crippen LogP contribution >= 0.6 is 0 Å². The van der Waals surface area contributed by atoms with Crippen LogP contribution < -0.4 is 10.2 Å². The summed E-state index contributed by atoms with van der Waals surface area (Å²) in [6.45, 7) is 4.94. The van der Waals surface area contributed by atoms with E-state index in [1.165, 1.54) is 6.07 Å². The van der Waals surface area contributed by atoms with Crippen LogP contribution in [0.2, 0.25) is 0 Å². The number of amides is 1.